The van der Waals surface area contributed by atoms with Crippen molar-refractivity contribution in [1.82, 2.24) is 9.80 Å². The van der Waals surface area contributed by atoms with E-state index in [4.69, 9.17) is 0 Å². The van der Waals surface area contributed by atoms with E-state index in [1.165, 1.54) is 51.1 Å². The second-order valence-electron chi connectivity index (χ2n) is 7.86. The van der Waals surface area contributed by atoms with Gasteiger partial charge in [0.15, 0.2) is 0 Å². The zero-order valence-electron chi connectivity index (χ0n) is 17.3. The minimum atomic E-state index is -4.65. The summed E-state index contributed by atoms with van der Waals surface area (Å²) in [6.07, 6.45) is -3.39. The van der Waals surface area contributed by atoms with Crippen LogP contribution >= 0.6 is 0 Å². The van der Waals surface area contributed by atoms with Gasteiger partial charge in [-0.2, -0.15) is 13.2 Å². The smallest absolute Gasteiger partial charge is 0.314 e. The van der Waals surface area contributed by atoms with E-state index in [1.807, 2.05) is 0 Å². The Balaban J connectivity index is 1.44. The summed E-state index contributed by atoms with van der Waals surface area (Å²) in [7, 11) is 0. The van der Waals surface area contributed by atoms with E-state index in [2.05, 4.69) is 5.32 Å². The first-order chi connectivity index (χ1) is 15.6. The molecule has 2 aromatic rings. The van der Waals surface area contributed by atoms with Crippen molar-refractivity contribution >= 4 is 29.2 Å². The normalized spacial score (nSPS) is 16.2. The van der Waals surface area contributed by atoms with Crippen LogP contribution in [-0.2, 0) is 15.8 Å². The maximum Gasteiger partial charge on any atom is 0.418 e. The summed E-state index contributed by atoms with van der Waals surface area (Å²) in [5, 5.41) is 2.27. The summed E-state index contributed by atoms with van der Waals surface area (Å²) in [6.45, 7) is -0.664. The molecule has 1 saturated carbocycles. The second kappa shape index (κ2) is 8.72. The highest BCUT2D eigenvalue weighted by Gasteiger charge is 2.39. The van der Waals surface area contributed by atoms with Crippen molar-refractivity contribution in [2.45, 2.75) is 25.1 Å². The molecule has 0 atom stereocenters. The molecule has 2 aliphatic rings. The van der Waals surface area contributed by atoms with Crippen molar-refractivity contribution in [2.24, 2.45) is 0 Å². The lowest BCUT2D eigenvalue weighted by atomic mass is 10.1. The number of carbonyl (C=O) groups excluding carboxylic acids is 3. The lowest BCUT2D eigenvalue weighted by Gasteiger charge is -2.26. The fourth-order valence-electron chi connectivity index (χ4n) is 3.59. The summed E-state index contributed by atoms with van der Waals surface area (Å²) < 4.78 is 52.9. The molecule has 11 heteroatoms. The first-order valence-electron chi connectivity index (χ1n) is 10.2. The molecule has 0 unspecified atom stereocenters. The van der Waals surface area contributed by atoms with Gasteiger partial charge in [0.05, 0.1) is 11.3 Å². The standard InChI is InChI=1S/C22H20F4N4O3/c23-14-5-7-16(8-6-14)30-13-28(11-20(30)32)19(31)12-29(15-9-10-15)21(33)27-18-4-2-1-3-17(18)22(24,25)26/h1-8,15H,9-13H2,(H,27,33). The second-order valence-corrected chi connectivity index (χ2v) is 7.86. The Hall–Kier alpha value is -3.63. The van der Waals surface area contributed by atoms with Gasteiger partial charge in [-0.05, 0) is 49.2 Å². The van der Waals surface area contributed by atoms with E-state index in [1.54, 1.807) is 0 Å². The van der Waals surface area contributed by atoms with Crippen molar-refractivity contribution in [3.05, 3.63) is 59.9 Å². The maximum atomic E-state index is 13.2. The maximum absolute atomic E-state index is 13.2. The molecule has 4 rings (SSSR count). The minimum Gasteiger partial charge on any atom is -0.314 e. The quantitative estimate of drug-likeness (QED) is 0.687. The van der Waals surface area contributed by atoms with Crippen LogP contribution in [0.4, 0.5) is 33.7 Å². The number of carbonyl (C=O) groups is 3. The van der Waals surface area contributed by atoms with Crippen LogP contribution in [0, 0.1) is 5.82 Å². The molecule has 0 spiro atoms. The van der Waals surface area contributed by atoms with Crippen LogP contribution in [0.3, 0.4) is 0 Å². The van der Waals surface area contributed by atoms with Crippen LogP contribution in [0.5, 0.6) is 0 Å². The van der Waals surface area contributed by atoms with Gasteiger partial charge in [0, 0.05) is 11.7 Å². The molecule has 7 nitrogen and oxygen atoms in total. The highest BCUT2D eigenvalue weighted by molar-refractivity contribution is 6.01. The summed E-state index contributed by atoms with van der Waals surface area (Å²) in [6, 6.07) is 8.76. The van der Waals surface area contributed by atoms with Crippen LogP contribution in [0.25, 0.3) is 0 Å². The van der Waals surface area contributed by atoms with Gasteiger partial charge in [-0.15, -0.1) is 0 Å². The van der Waals surface area contributed by atoms with Crippen molar-refractivity contribution in [3.63, 3.8) is 0 Å². The lowest BCUT2D eigenvalue weighted by molar-refractivity contribution is -0.137. The highest BCUT2D eigenvalue weighted by atomic mass is 19.4. The number of urea groups is 1. The number of para-hydroxylation sites is 1. The molecule has 1 saturated heterocycles. The number of hydrogen-bond acceptors (Lipinski definition) is 3. The van der Waals surface area contributed by atoms with Crippen LogP contribution in [0.1, 0.15) is 18.4 Å². The van der Waals surface area contributed by atoms with E-state index < -0.39 is 35.2 Å². The first-order valence-corrected chi connectivity index (χ1v) is 10.2. The Morgan fingerprint density at radius 2 is 1.73 bits per heavy atom. The molecular formula is C22H20F4N4O3. The molecule has 33 heavy (non-hydrogen) atoms. The number of hydrogen-bond donors (Lipinski definition) is 1. The molecule has 2 aromatic carbocycles. The zero-order chi connectivity index (χ0) is 23.8. The van der Waals surface area contributed by atoms with Gasteiger partial charge in [-0.25, -0.2) is 9.18 Å². The van der Waals surface area contributed by atoms with E-state index in [0.29, 0.717) is 18.5 Å². The Labute approximate surface area is 186 Å². The SMILES string of the molecule is O=C(CN(C(=O)Nc1ccccc1C(F)(F)F)C1CC1)N1CC(=O)N(c2ccc(F)cc2)C1. The largest absolute Gasteiger partial charge is 0.418 e. The number of benzene rings is 2. The van der Waals surface area contributed by atoms with Gasteiger partial charge in [0.2, 0.25) is 11.8 Å². The molecule has 1 N–H and O–H groups in total. The predicted molar refractivity (Wildman–Crippen MR) is 111 cm³/mol. The number of alkyl halides is 3. The summed E-state index contributed by atoms with van der Waals surface area (Å²) in [5.41, 5.74) is -0.954. The summed E-state index contributed by atoms with van der Waals surface area (Å²) >= 11 is 0. The van der Waals surface area contributed by atoms with Crippen LogP contribution in [0.15, 0.2) is 48.5 Å². The number of amides is 4. The van der Waals surface area contributed by atoms with E-state index in [9.17, 15) is 31.9 Å². The van der Waals surface area contributed by atoms with Gasteiger partial charge in [-0.1, -0.05) is 12.1 Å². The van der Waals surface area contributed by atoms with Crippen LogP contribution in [0.2, 0.25) is 0 Å². The summed E-state index contributed by atoms with van der Waals surface area (Å²) in [4.78, 5) is 41.7. The molecule has 0 radical (unpaired) electrons. The zero-order valence-corrected chi connectivity index (χ0v) is 17.3. The van der Waals surface area contributed by atoms with Crippen molar-refractivity contribution in [3.8, 4) is 0 Å². The fourth-order valence-corrected chi connectivity index (χ4v) is 3.59. The molecule has 174 valence electrons. The van der Waals surface area contributed by atoms with Gasteiger partial charge in [-0.3, -0.25) is 14.5 Å². The molecule has 0 aromatic heterocycles. The first kappa shape index (κ1) is 22.6. The topological polar surface area (TPSA) is 73.0 Å². The Morgan fingerprint density at radius 3 is 2.36 bits per heavy atom. The number of anilines is 2. The summed E-state index contributed by atoms with van der Waals surface area (Å²) in [5.74, 6) is -1.34. The molecule has 1 aliphatic carbocycles. The van der Waals surface area contributed by atoms with E-state index in [-0.39, 0.29) is 31.7 Å². The van der Waals surface area contributed by atoms with E-state index in [0.717, 1.165) is 12.1 Å². The molecule has 1 aliphatic heterocycles. The molecule has 2 fully saturated rings. The number of nitrogens with one attached hydrogen (secondary N) is 1. The lowest BCUT2D eigenvalue weighted by Crippen LogP contribution is -2.45. The van der Waals surface area contributed by atoms with Crippen molar-refractivity contribution in [1.29, 1.82) is 0 Å². The monoisotopic (exact) mass is 464 g/mol. The van der Waals surface area contributed by atoms with Gasteiger partial charge < -0.3 is 15.1 Å². The molecule has 0 bridgehead atoms. The number of rotatable bonds is 5. The van der Waals surface area contributed by atoms with Crippen molar-refractivity contribution < 1.29 is 31.9 Å². The van der Waals surface area contributed by atoms with Crippen LogP contribution in [-0.4, -0.2) is 53.4 Å². The van der Waals surface area contributed by atoms with Gasteiger partial charge >= 0.3 is 12.2 Å². The average Bonchev–Trinajstić information content (AvgIpc) is 3.53. The van der Waals surface area contributed by atoms with Gasteiger partial charge in [0.25, 0.3) is 0 Å². The third-order valence-corrected chi connectivity index (χ3v) is 5.46. The fraction of sp³-hybridized carbons (Fsp3) is 0.318. The van der Waals surface area contributed by atoms with Crippen LogP contribution < -0.4 is 10.2 Å². The molecule has 4 amide bonds. The molecule has 1 heterocycles. The Kier molecular flexibility index (Phi) is 5.96. The predicted octanol–water partition coefficient (Wildman–Crippen LogP) is 3.67. The Bertz CT molecular complexity index is 1070. The third-order valence-electron chi connectivity index (χ3n) is 5.46. The van der Waals surface area contributed by atoms with E-state index >= 15 is 0 Å². The highest BCUT2D eigenvalue weighted by Crippen LogP contribution is 2.35. The molecular weight excluding hydrogens is 444 g/mol. The van der Waals surface area contributed by atoms with Gasteiger partial charge in [0.1, 0.15) is 25.6 Å². The number of nitrogens with zero attached hydrogens (tertiary/aromatic N) is 3. The third kappa shape index (κ3) is 5.07. The average molecular weight is 464 g/mol. The van der Waals surface area contributed by atoms with Crippen molar-refractivity contribution in [2.75, 3.05) is 30.0 Å². The minimum absolute atomic E-state index is 0.0691. The Morgan fingerprint density at radius 1 is 1.06 bits per heavy atom. The number of halogens is 4.